The fourth-order valence-corrected chi connectivity index (χ4v) is 3.64. The maximum Gasteiger partial charge on any atom is 0.320 e. The predicted octanol–water partition coefficient (Wildman–Crippen LogP) is 0.489. The van der Waals surface area contributed by atoms with Gasteiger partial charge in [0.2, 0.25) is 5.91 Å². The third-order valence-corrected chi connectivity index (χ3v) is 4.90. The number of likely N-dealkylation sites (tertiary alicyclic amines) is 1. The Morgan fingerprint density at radius 1 is 0.952 bits per heavy atom. The summed E-state index contributed by atoms with van der Waals surface area (Å²) in [6, 6.07) is 0.430. The number of hydrogen-bond acceptors (Lipinski definition) is 3. The highest BCUT2D eigenvalue weighted by Crippen LogP contribution is 2.17. The molecule has 0 aromatic carbocycles. The molecule has 0 aromatic heterocycles. The monoisotopic (exact) mass is 294 g/mol. The standard InChI is InChI=1S/C15H26N4O2/c20-14-12-18(15(21)17-8-2-1-3-9-17)10-11-19(14)13-4-6-16-7-5-13/h13,16H,1-12H2. The van der Waals surface area contributed by atoms with Crippen LogP contribution in [-0.4, -0.2) is 78.5 Å². The van der Waals surface area contributed by atoms with Crippen molar-refractivity contribution in [2.24, 2.45) is 0 Å². The summed E-state index contributed by atoms with van der Waals surface area (Å²) in [6.07, 6.45) is 5.47. The smallest absolute Gasteiger partial charge is 0.320 e. The molecule has 0 spiro atoms. The van der Waals surface area contributed by atoms with Gasteiger partial charge in [0.1, 0.15) is 6.54 Å². The lowest BCUT2D eigenvalue weighted by molar-refractivity contribution is -0.138. The molecule has 3 heterocycles. The van der Waals surface area contributed by atoms with Crippen molar-refractivity contribution in [1.82, 2.24) is 20.0 Å². The summed E-state index contributed by atoms with van der Waals surface area (Å²) < 4.78 is 0. The molecule has 3 fully saturated rings. The van der Waals surface area contributed by atoms with E-state index in [1.807, 2.05) is 9.80 Å². The van der Waals surface area contributed by atoms with Crippen molar-refractivity contribution in [3.8, 4) is 0 Å². The van der Waals surface area contributed by atoms with E-state index in [9.17, 15) is 9.59 Å². The number of urea groups is 1. The minimum absolute atomic E-state index is 0.0630. The van der Waals surface area contributed by atoms with Crippen LogP contribution in [0.3, 0.4) is 0 Å². The first kappa shape index (κ1) is 14.6. The number of carbonyl (C=O) groups is 2. The largest absolute Gasteiger partial charge is 0.336 e. The van der Waals surface area contributed by atoms with E-state index in [4.69, 9.17) is 0 Å². The molecular weight excluding hydrogens is 268 g/mol. The Bertz CT molecular complexity index is 389. The van der Waals surface area contributed by atoms with Gasteiger partial charge in [-0.1, -0.05) is 0 Å². The minimum atomic E-state index is 0.0630. The molecule has 21 heavy (non-hydrogen) atoms. The van der Waals surface area contributed by atoms with E-state index >= 15 is 0 Å². The van der Waals surface area contributed by atoms with Crippen molar-refractivity contribution in [2.45, 2.75) is 38.1 Å². The SMILES string of the molecule is O=C(N1CCCCC1)N1CCN(C2CCNCC2)C(=O)C1. The highest BCUT2D eigenvalue weighted by molar-refractivity contribution is 5.85. The van der Waals surface area contributed by atoms with Gasteiger partial charge in [0.25, 0.3) is 0 Å². The molecule has 6 heteroatoms. The molecule has 6 nitrogen and oxygen atoms in total. The van der Waals surface area contributed by atoms with Gasteiger partial charge in [0.15, 0.2) is 0 Å². The van der Waals surface area contributed by atoms with Crippen molar-refractivity contribution in [2.75, 3.05) is 45.8 Å². The van der Waals surface area contributed by atoms with Crippen LogP contribution in [0, 0.1) is 0 Å². The number of piperazine rings is 1. The van der Waals surface area contributed by atoms with Gasteiger partial charge in [-0.3, -0.25) is 4.79 Å². The second-order valence-electron chi connectivity index (χ2n) is 6.32. The summed E-state index contributed by atoms with van der Waals surface area (Å²) in [6.45, 7) is 5.33. The second-order valence-corrected chi connectivity index (χ2v) is 6.32. The zero-order valence-corrected chi connectivity index (χ0v) is 12.7. The van der Waals surface area contributed by atoms with Crippen molar-refractivity contribution < 1.29 is 9.59 Å². The molecule has 3 saturated heterocycles. The van der Waals surface area contributed by atoms with Crippen LogP contribution in [-0.2, 0) is 4.79 Å². The highest BCUT2D eigenvalue weighted by Gasteiger charge is 2.33. The van der Waals surface area contributed by atoms with E-state index in [1.165, 1.54) is 6.42 Å². The topological polar surface area (TPSA) is 55.9 Å². The van der Waals surface area contributed by atoms with Crippen LogP contribution in [0.25, 0.3) is 0 Å². The molecule has 0 bridgehead atoms. The Kier molecular flexibility index (Phi) is 4.63. The highest BCUT2D eigenvalue weighted by atomic mass is 16.2. The maximum absolute atomic E-state index is 12.5. The summed E-state index contributed by atoms with van der Waals surface area (Å²) in [4.78, 5) is 30.5. The van der Waals surface area contributed by atoms with Crippen LogP contribution in [0.15, 0.2) is 0 Å². The van der Waals surface area contributed by atoms with Gasteiger partial charge in [-0.2, -0.15) is 0 Å². The van der Waals surface area contributed by atoms with E-state index < -0.39 is 0 Å². The van der Waals surface area contributed by atoms with Gasteiger partial charge in [-0.25, -0.2) is 4.79 Å². The molecule has 118 valence electrons. The minimum Gasteiger partial charge on any atom is -0.336 e. The molecule has 3 aliphatic rings. The Balaban J connectivity index is 1.54. The van der Waals surface area contributed by atoms with Crippen LogP contribution in [0.4, 0.5) is 4.79 Å². The Hall–Kier alpha value is -1.30. The summed E-state index contributed by atoms with van der Waals surface area (Å²) >= 11 is 0. The maximum atomic E-state index is 12.5. The fourth-order valence-electron chi connectivity index (χ4n) is 3.64. The van der Waals surface area contributed by atoms with E-state index in [0.717, 1.165) is 51.9 Å². The lowest BCUT2D eigenvalue weighted by Gasteiger charge is -2.42. The summed E-state index contributed by atoms with van der Waals surface area (Å²) in [5, 5.41) is 3.33. The number of piperidine rings is 2. The number of hydrogen-bond donors (Lipinski definition) is 1. The number of rotatable bonds is 1. The Morgan fingerprint density at radius 3 is 2.33 bits per heavy atom. The zero-order chi connectivity index (χ0) is 14.7. The van der Waals surface area contributed by atoms with E-state index in [-0.39, 0.29) is 18.5 Å². The van der Waals surface area contributed by atoms with E-state index in [0.29, 0.717) is 19.1 Å². The molecule has 3 aliphatic heterocycles. The average molecular weight is 294 g/mol. The third-order valence-electron chi connectivity index (χ3n) is 4.90. The average Bonchev–Trinajstić information content (AvgIpc) is 2.55. The lowest BCUT2D eigenvalue weighted by Crippen LogP contribution is -2.59. The molecule has 1 N–H and O–H groups in total. The molecule has 0 saturated carbocycles. The Labute approximate surface area is 126 Å². The van der Waals surface area contributed by atoms with Gasteiger partial charge < -0.3 is 20.0 Å². The van der Waals surface area contributed by atoms with Crippen molar-refractivity contribution in [3.05, 3.63) is 0 Å². The molecule has 0 atom stereocenters. The summed E-state index contributed by atoms with van der Waals surface area (Å²) in [7, 11) is 0. The quantitative estimate of drug-likeness (QED) is 0.766. The molecular formula is C15H26N4O2. The number of amides is 3. The van der Waals surface area contributed by atoms with Crippen molar-refractivity contribution in [3.63, 3.8) is 0 Å². The van der Waals surface area contributed by atoms with Gasteiger partial charge in [-0.05, 0) is 45.2 Å². The first-order valence-electron chi connectivity index (χ1n) is 8.30. The van der Waals surface area contributed by atoms with Crippen molar-refractivity contribution in [1.29, 1.82) is 0 Å². The lowest BCUT2D eigenvalue weighted by atomic mass is 10.0. The van der Waals surface area contributed by atoms with Crippen LogP contribution >= 0.6 is 0 Å². The fraction of sp³-hybridized carbons (Fsp3) is 0.867. The van der Waals surface area contributed by atoms with Crippen LogP contribution in [0.5, 0.6) is 0 Å². The van der Waals surface area contributed by atoms with Gasteiger partial charge in [-0.15, -0.1) is 0 Å². The number of carbonyl (C=O) groups excluding carboxylic acids is 2. The van der Waals surface area contributed by atoms with E-state index in [2.05, 4.69) is 5.32 Å². The molecule has 0 aliphatic carbocycles. The van der Waals surface area contributed by atoms with Gasteiger partial charge >= 0.3 is 6.03 Å². The number of nitrogens with one attached hydrogen (secondary N) is 1. The van der Waals surface area contributed by atoms with Gasteiger partial charge in [0, 0.05) is 32.2 Å². The third kappa shape index (κ3) is 3.31. The van der Waals surface area contributed by atoms with E-state index in [1.54, 1.807) is 4.90 Å². The molecule has 3 rings (SSSR count). The predicted molar refractivity (Wildman–Crippen MR) is 80.0 cm³/mol. The zero-order valence-electron chi connectivity index (χ0n) is 12.7. The molecule has 0 radical (unpaired) electrons. The first-order valence-corrected chi connectivity index (χ1v) is 8.30. The van der Waals surface area contributed by atoms with Gasteiger partial charge in [0.05, 0.1) is 0 Å². The summed E-state index contributed by atoms with van der Waals surface area (Å²) in [5.74, 6) is 0.124. The van der Waals surface area contributed by atoms with Crippen molar-refractivity contribution >= 4 is 11.9 Å². The normalized spacial score (nSPS) is 25.3. The first-order chi connectivity index (χ1) is 10.3. The molecule has 0 aromatic rings. The Morgan fingerprint density at radius 2 is 1.67 bits per heavy atom. The van der Waals surface area contributed by atoms with Crippen LogP contribution in [0.1, 0.15) is 32.1 Å². The van der Waals surface area contributed by atoms with Crippen LogP contribution < -0.4 is 5.32 Å². The van der Waals surface area contributed by atoms with Crippen LogP contribution in [0.2, 0.25) is 0 Å². The molecule has 3 amide bonds. The molecule has 0 unspecified atom stereocenters. The number of nitrogens with zero attached hydrogens (tertiary/aromatic N) is 3. The summed E-state index contributed by atoms with van der Waals surface area (Å²) in [5.41, 5.74) is 0. The second kappa shape index (κ2) is 6.64.